The molecule has 0 saturated heterocycles. The topological polar surface area (TPSA) is 241 Å². The fourth-order valence-electron chi connectivity index (χ4n) is 2.23. The van der Waals surface area contributed by atoms with Crippen LogP contribution in [0.15, 0.2) is 72.8 Å². The molecular weight excluding hydrogens is 664 g/mol. The number of rotatable bonds is 6. The summed E-state index contributed by atoms with van der Waals surface area (Å²) < 4.78 is 0. The van der Waals surface area contributed by atoms with Crippen LogP contribution in [-0.2, 0) is 21.1 Å². The molecule has 0 atom stereocenters. The Morgan fingerprint density at radius 1 is 0.297 bits per heavy atom. The number of hydrogen-bond acceptors (Lipinski definition) is 12. The van der Waals surface area contributed by atoms with E-state index in [0.717, 1.165) is 72.8 Å². The molecule has 0 heterocycles. The van der Waals surface area contributed by atoms with E-state index in [1.54, 1.807) is 0 Å². The summed E-state index contributed by atoms with van der Waals surface area (Å²) >= 11 is 0. The molecule has 3 aromatic rings. The number of carboxylic acids is 6. The van der Waals surface area contributed by atoms with E-state index < -0.39 is 35.8 Å². The molecule has 0 aromatic heterocycles. The maximum Gasteiger partial charge on any atom is 0.0715 e. The molecule has 192 valence electrons. The second-order valence-corrected chi connectivity index (χ2v) is 6.46. The Kier molecular flexibility index (Phi) is 13.2. The minimum atomic E-state index is -1.33. The van der Waals surface area contributed by atoms with Crippen molar-refractivity contribution in [3.8, 4) is 0 Å². The van der Waals surface area contributed by atoms with Gasteiger partial charge in [0.1, 0.15) is 0 Å². The van der Waals surface area contributed by atoms with Gasteiger partial charge in [-0.1, -0.05) is 72.8 Å². The van der Waals surface area contributed by atoms with Gasteiger partial charge >= 0.3 is 0 Å². The van der Waals surface area contributed by atoms with E-state index in [1.807, 2.05) is 0 Å². The van der Waals surface area contributed by atoms with Crippen molar-refractivity contribution in [3.05, 3.63) is 106 Å². The molecule has 12 nitrogen and oxygen atoms in total. The average Bonchev–Trinajstić information content (AvgIpc) is 2.84. The molecule has 0 radical (unpaired) electrons. The molecule has 0 unspecified atom stereocenters. The first-order valence-electron chi connectivity index (χ1n) is 9.41. The summed E-state index contributed by atoms with van der Waals surface area (Å²) in [4.78, 5) is 61.2. The van der Waals surface area contributed by atoms with Crippen molar-refractivity contribution in [2.45, 2.75) is 0 Å². The smallest absolute Gasteiger partial charge is 0.0715 e. The number of carboxylic acid groups (broad SMARTS) is 6. The summed E-state index contributed by atoms with van der Waals surface area (Å²) in [5, 5.41) is 61.2. The molecular formula is C24H12O12W-6. The van der Waals surface area contributed by atoms with Crippen molar-refractivity contribution < 1.29 is 80.5 Å². The zero-order chi connectivity index (χ0) is 27.4. The fraction of sp³-hybridized carbons (Fsp3) is 0. The molecule has 0 saturated carbocycles. The summed E-state index contributed by atoms with van der Waals surface area (Å²) in [6.45, 7) is 0. The monoisotopic (exact) mass is 676 g/mol. The number of aromatic carboxylic acids is 6. The van der Waals surface area contributed by atoms with E-state index in [4.69, 9.17) is 0 Å². The van der Waals surface area contributed by atoms with Crippen LogP contribution in [0.4, 0.5) is 0 Å². The minimum absolute atomic E-state index is 0. The quantitative estimate of drug-likeness (QED) is 0.239. The number of carbonyl (C=O) groups excluding carboxylic acids is 6. The maximum atomic E-state index is 10.2. The Hall–Kier alpha value is -4.83. The van der Waals surface area contributed by atoms with Gasteiger partial charge in [-0.05, 0) is 33.4 Å². The Balaban J connectivity index is 0.000000518. The molecule has 3 rings (SSSR count). The van der Waals surface area contributed by atoms with Crippen LogP contribution in [0.1, 0.15) is 62.1 Å². The fourth-order valence-corrected chi connectivity index (χ4v) is 2.23. The molecule has 0 aliphatic carbocycles. The van der Waals surface area contributed by atoms with E-state index in [1.165, 1.54) is 0 Å². The van der Waals surface area contributed by atoms with Crippen LogP contribution in [0, 0.1) is 0 Å². The largest absolute Gasteiger partial charge is 0.545 e. The molecule has 0 fully saturated rings. The summed E-state index contributed by atoms with van der Waals surface area (Å²) in [6.07, 6.45) is 0. The predicted molar refractivity (Wildman–Crippen MR) is 105 cm³/mol. The Bertz CT molecular complexity index is 1010. The van der Waals surface area contributed by atoms with E-state index in [0.29, 0.717) is 0 Å². The van der Waals surface area contributed by atoms with Crippen LogP contribution < -0.4 is 30.6 Å². The van der Waals surface area contributed by atoms with Gasteiger partial charge in [-0.2, -0.15) is 0 Å². The van der Waals surface area contributed by atoms with Gasteiger partial charge in [-0.15, -0.1) is 0 Å². The Labute approximate surface area is 222 Å². The third-order valence-electron chi connectivity index (χ3n) is 4.07. The van der Waals surface area contributed by atoms with Gasteiger partial charge in [0.05, 0.1) is 35.8 Å². The zero-order valence-corrected chi connectivity index (χ0v) is 21.2. The molecule has 3 aromatic carbocycles. The van der Waals surface area contributed by atoms with Gasteiger partial charge in [0.2, 0.25) is 0 Å². The predicted octanol–water partition coefficient (Wildman–Crippen LogP) is -4.76. The summed E-state index contributed by atoms with van der Waals surface area (Å²) in [7, 11) is 0. The van der Waals surface area contributed by atoms with Crippen LogP contribution in [0.25, 0.3) is 0 Å². The first-order valence-corrected chi connectivity index (χ1v) is 9.41. The second-order valence-electron chi connectivity index (χ2n) is 6.46. The second kappa shape index (κ2) is 15.2. The SMILES string of the molecule is O=C([O-])c1ccc(C(=O)[O-])cc1.O=C([O-])c1ccc(C(=O)[O-])cc1.O=C([O-])c1ccc(C(=O)[O-])cc1.[W]. The van der Waals surface area contributed by atoms with Crippen molar-refractivity contribution in [2.24, 2.45) is 0 Å². The zero-order valence-electron chi connectivity index (χ0n) is 18.2. The van der Waals surface area contributed by atoms with E-state index in [2.05, 4.69) is 0 Å². The molecule has 13 heteroatoms. The van der Waals surface area contributed by atoms with Crippen LogP contribution in [0.5, 0.6) is 0 Å². The first-order chi connectivity index (χ1) is 16.8. The first kappa shape index (κ1) is 32.2. The van der Waals surface area contributed by atoms with Gasteiger partial charge in [0, 0.05) is 21.1 Å². The molecule has 0 aliphatic heterocycles. The maximum absolute atomic E-state index is 10.2. The third kappa shape index (κ3) is 11.0. The Morgan fingerprint density at radius 2 is 0.378 bits per heavy atom. The van der Waals surface area contributed by atoms with Gasteiger partial charge in [0.15, 0.2) is 0 Å². The van der Waals surface area contributed by atoms with Gasteiger partial charge in [-0.25, -0.2) is 0 Å². The normalized spacial score (nSPS) is 9.08. The van der Waals surface area contributed by atoms with Crippen molar-refractivity contribution in [2.75, 3.05) is 0 Å². The summed E-state index contributed by atoms with van der Waals surface area (Å²) in [5.74, 6) is -8.00. The third-order valence-corrected chi connectivity index (χ3v) is 4.07. The van der Waals surface area contributed by atoms with Crippen LogP contribution in [-0.4, -0.2) is 35.8 Å². The molecule has 0 bridgehead atoms. The van der Waals surface area contributed by atoms with Crippen molar-refractivity contribution >= 4 is 35.8 Å². The van der Waals surface area contributed by atoms with Crippen LogP contribution >= 0.6 is 0 Å². The van der Waals surface area contributed by atoms with Gasteiger partial charge < -0.3 is 59.4 Å². The van der Waals surface area contributed by atoms with Crippen LogP contribution in [0.2, 0.25) is 0 Å². The van der Waals surface area contributed by atoms with E-state index in [-0.39, 0.29) is 54.4 Å². The minimum Gasteiger partial charge on any atom is -0.545 e. The van der Waals surface area contributed by atoms with Gasteiger partial charge in [0.25, 0.3) is 0 Å². The summed E-state index contributed by atoms with van der Waals surface area (Å²) in [6, 6.07) is 13.8. The molecule has 0 amide bonds. The molecule has 37 heavy (non-hydrogen) atoms. The molecule has 0 N–H and O–H groups in total. The van der Waals surface area contributed by atoms with E-state index in [9.17, 15) is 59.4 Å². The van der Waals surface area contributed by atoms with Crippen molar-refractivity contribution in [3.63, 3.8) is 0 Å². The average molecular weight is 676 g/mol. The number of benzene rings is 3. The molecule has 0 aliphatic rings. The van der Waals surface area contributed by atoms with Crippen LogP contribution in [0.3, 0.4) is 0 Å². The number of hydrogen-bond donors (Lipinski definition) is 0. The van der Waals surface area contributed by atoms with E-state index >= 15 is 0 Å². The Morgan fingerprint density at radius 3 is 0.432 bits per heavy atom. The standard InChI is InChI=1S/3C8H6O4.W/c3*9-7(10)5-1-2-6(4-3-5)8(11)12;/h3*1-4H,(H,9,10)(H,11,12);/p-6. The van der Waals surface area contributed by atoms with Gasteiger partial charge in [-0.3, -0.25) is 0 Å². The molecule has 0 spiro atoms. The van der Waals surface area contributed by atoms with Crippen molar-refractivity contribution in [1.82, 2.24) is 0 Å². The van der Waals surface area contributed by atoms with Crippen molar-refractivity contribution in [1.29, 1.82) is 0 Å². The summed E-state index contributed by atoms with van der Waals surface area (Å²) in [5.41, 5.74) is -0.333. The number of carbonyl (C=O) groups is 6.